The molecule has 3 rings (SSSR count). The third-order valence-electron chi connectivity index (χ3n) is 4.40. The average Bonchev–Trinajstić information content (AvgIpc) is 3.03. The topological polar surface area (TPSA) is 87.6 Å². The molecule has 7 nitrogen and oxygen atoms in total. The van der Waals surface area contributed by atoms with Crippen LogP contribution in [0.25, 0.3) is 10.2 Å². The van der Waals surface area contributed by atoms with Crippen molar-refractivity contribution in [2.75, 3.05) is 32.6 Å². The Morgan fingerprint density at radius 3 is 2.66 bits per heavy atom. The van der Waals surface area contributed by atoms with Crippen molar-refractivity contribution in [3.05, 3.63) is 52.2 Å². The molecule has 154 valence electrons. The minimum absolute atomic E-state index is 0.293. The standard InChI is InChI=1S/C21H26N4O3S/c1-5-28-21(27)18-13(2)17-19(22-11-15(26)14-9-7-6-8-10-14)23-16(12-25(3)4)24-20(17)29-18/h6-10,15,26H,5,11-12H2,1-4H3,(H,22,23,24). The molecular formula is C21H26N4O3S. The molecule has 0 bridgehead atoms. The van der Waals surface area contributed by atoms with Gasteiger partial charge >= 0.3 is 5.97 Å². The first-order valence-corrected chi connectivity index (χ1v) is 10.3. The molecule has 0 amide bonds. The first-order valence-electron chi connectivity index (χ1n) is 9.49. The number of rotatable bonds is 8. The van der Waals surface area contributed by atoms with Gasteiger partial charge in [0.25, 0.3) is 0 Å². The first kappa shape index (κ1) is 21.2. The first-order chi connectivity index (χ1) is 13.9. The normalized spacial score (nSPS) is 12.3. The van der Waals surface area contributed by atoms with Gasteiger partial charge in [0.2, 0.25) is 0 Å². The molecule has 3 aromatic rings. The Morgan fingerprint density at radius 1 is 1.28 bits per heavy atom. The molecule has 8 heteroatoms. The summed E-state index contributed by atoms with van der Waals surface area (Å²) in [4.78, 5) is 24.9. The number of aromatic nitrogens is 2. The van der Waals surface area contributed by atoms with Gasteiger partial charge in [0, 0.05) is 6.54 Å². The van der Waals surface area contributed by atoms with Gasteiger partial charge in [-0.1, -0.05) is 30.3 Å². The second-order valence-electron chi connectivity index (χ2n) is 6.99. The second-order valence-corrected chi connectivity index (χ2v) is 7.99. The number of carbonyl (C=O) groups excluding carboxylic acids is 1. The molecule has 1 aromatic carbocycles. The van der Waals surface area contributed by atoms with E-state index in [9.17, 15) is 9.90 Å². The maximum atomic E-state index is 12.3. The predicted molar refractivity (Wildman–Crippen MR) is 115 cm³/mol. The van der Waals surface area contributed by atoms with E-state index in [4.69, 9.17) is 4.74 Å². The lowest BCUT2D eigenvalue weighted by molar-refractivity contribution is 0.0531. The van der Waals surface area contributed by atoms with E-state index in [-0.39, 0.29) is 5.97 Å². The van der Waals surface area contributed by atoms with E-state index in [1.54, 1.807) is 6.92 Å². The van der Waals surface area contributed by atoms with Crippen molar-refractivity contribution >= 4 is 33.3 Å². The van der Waals surface area contributed by atoms with Crippen LogP contribution in [0.1, 0.15) is 39.7 Å². The number of aryl methyl sites for hydroxylation is 1. The van der Waals surface area contributed by atoms with Crippen molar-refractivity contribution < 1.29 is 14.6 Å². The molecule has 1 atom stereocenters. The Hall–Kier alpha value is -2.55. The molecule has 2 N–H and O–H groups in total. The van der Waals surface area contributed by atoms with Gasteiger partial charge in [-0.05, 0) is 39.1 Å². The largest absolute Gasteiger partial charge is 0.462 e. The van der Waals surface area contributed by atoms with Crippen LogP contribution in [0.2, 0.25) is 0 Å². The molecule has 29 heavy (non-hydrogen) atoms. The number of benzene rings is 1. The number of nitrogens with zero attached hydrogens (tertiary/aromatic N) is 3. The third-order valence-corrected chi connectivity index (χ3v) is 5.57. The molecule has 0 saturated carbocycles. The SMILES string of the molecule is CCOC(=O)c1sc2nc(CN(C)C)nc(NCC(O)c3ccccc3)c2c1C. The molecule has 2 aromatic heterocycles. The van der Waals surface area contributed by atoms with E-state index in [1.165, 1.54) is 11.3 Å². The fourth-order valence-electron chi connectivity index (χ4n) is 3.04. The zero-order valence-corrected chi connectivity index (χ0v) is 17.9. The molecule has 0 radical (unpaired) electrons. The zero-order valence-electron chi connectivity index (χ0n) is 17.1. The van der Waals surface area contributed by atoms with E-state index < -0.39 is 6.10 Å². The molecule has 0 aliphatic heterocycles. The number of hydrogen-bond donors (Lipinski definition) is 2. The van der Waals surface area contributed by atoms with E-state index in [0.717, 1.165) is 21.3 Å². The average molecular weight is 415 g/mol. The lowest BCUT2D eigenvalue weighted by Gasteiger charge is -2.15. The number of esters is 1. The summed E-state index contributed by atoms with van der Waals surface area (Å²) in [6.07, 6.45) is -0.679. The summed E-state index contributed by atoms with van der Waals surface area (Å²) in [5.41, 5.74) is 1.62. The quantitative estimate of drug-likeness (QED) is 0.546. The van der Waals surface area contributed by atoms with E-state index >= 15 is 0 Å². The fourth-order valence-corrected chi connectivity index (χ4v) is 4.14. The van der Waals surface area contributed by atoms with Crippen LogP contribution >= 0.6 is 11.3 Å². The van der Waals surface area contributed by atoms with Crippen LogP contribution < -0.4 is 5.32 Å². The Balaban J connectivity index is 1.97. The maximum Gasteiger partial charge on any atom is 0.348 e. The molecule has 1 unspecified atom stereocenters. The number of carbonyl (C=O) groups is 1. The smallest absolute Gasteiger partial charge is 0.348 e. The van der Waals surface area contributed by atoms with Gasteiger partial charge in [0.15, 0.2) is 0 Å². The van der Waals surface area contributed by atoms with Crippen molar-refractivity contribution in [2.24, 2.45) is 0 Å². The molecule has 0 fully saturated rings. The van der Waals surface area contributed by atoms with Crippen molar-refractivity contribution in [1.29, 1.82) is 0 Å². The van der Waals surface area contributed by atoms with Crippen LogP contribution in [0.3, 0.4) is 0 Å². The van der Waals surface area contributed by atoms with Gasteiger partial charge in [-0.25, -0.2) is 14.8 Å². The molecule has 2 heterocycles. The second kappa shape index (κ2) is 9.30. The van der Waals surface area contributed by atoms with Crippen LogP contribution in [-0.4, -0.2) is 53.2 Å². The lowest BCUT2D eigenvalue weighted by Crippen LogP contribution is -2.16. The lowest BCUT2D eigenvalue weighted by atomic mass is 10.1. The van der Waals surface area contributed by atoms with Gasteiger partial charge in [-0.15, -0.1) is 11.3 Å². The number of aliphatic hydroxyl groups excluding tert-OH is 1. The summed E-state index contributed by atoms with van der Waals surface area (Å²) in [5, 5.41) is 14.6. The predicted octanol–water partition coefficient (Wildman–Crippen LogP) is 3.38. The fraction of sp³-hybridized carbons (Fsp3) is 0.381. The van der Waals surface area contributed by atoms with Crippen molar-refractivity contribution in [2.45, 2.75) is 26.5 Å². The zero-order chi connectivity index (χ0) is 21.0. The van der Waals surface area contributed by atoms with E-state index in [1.807, 2.05) is 56.3 Å². The van der Waals surface area contributed by atoms with Crippen molar-refractivity contribution in [3.63, 3.8) is 0 Å². The number of thiophene rings is 1. The number of hydrogen-bond acceptors (Lipinski definition) is 8. The van der Waals surface area contributed by atoms with Crippen LogP contribution in [0.15, 0.2) is 30.3 Å². The number of ether oxygens (including phenoxy) is 1. The number of anilines is 1. The number of aliphatic hydroxyl groups is 1. The summed E-state index contributed by atoms with van der Waals surface area (Å²) in [5.74, 6) is 0.916. The highest BCUT2D eigenvalue weighted by Crippen LogP contribution is 2.34. The van der Waals surface area contributed by atoms with Gasteiger partial charge in [0.1, 0.15) is 21.3 Å². The molecule has 0 spiro atoms. The van der Waals surface area contributed by atoms with Crippen molar-refractivity contribution in [3.8, 4) is 0 Å². The van der Waals surface area contributed by atoms with Crippen LogP contribution in [-0.2, 0) is 11.3 Å². The summed E-state index contributed by atoms with van der Waals surface area (Å²) in [7, 11) is 3.90. The Kier molecular flexibility index (Phi) is 6.79. The maximum absolute atomic E-state index is 12.3. The summed E-state index contributed by atoms with van der Waals surface area (Å²) < 4.78 is 5.18. The molecule has 0 saturated heterocycles. The van der Waals surface area contributed by atoms with Crippen LogP contribution in [0.4, 0.5) is 5.82 Å². The minimum Gasteiger partial charge on any atom is -0.462 e. The monoisotopic (exact) mass is 414 g/mol. The van der Waals surface area contributed by atoms with E-state index in [2.05, 4.69) is 15.3 Å². The van der Waals surface area contributed by atoms with Crippen LogP contribution in [0.5, 0.6) is 0 Å². The summed E-state index contributed by atoms with van der Waals surface area (Å²) in [6.45, 7) is 4.84. The van der Waals surface area contributed by atoms with Crippen molar-refractivity contribution in [1.82, 2.24) is 14.9 Å². The van der Waals surface area contributed by atoms with Crippen LogP contribution in [0, 0.1) is 6.92 Å². The summed E-state index contributed by atoms with van der Waals surface area (Å²) in [6, 6.07) is 9.47. The molecular weight excluding hydrogens is 388 g/mol. The summed E-state index contributed by atoms with van der Waals surface area (Å²) >= 11 is 1.31. The van der Waals surface area contributed by atoms with Gasteiger partial charge in [-0.2, -0.15) is 0 Å². The Morgan fingerprint density at radius 2 is 2.00 bits per heavy atom. The Labute approximate surface area is 174 Å². The molecule has 0 aliphatic rings. The van der Waals surface area contributed by atoms with Gasteiger partial charge in [0.05, 0.1) is 24.6 Å². The highest BCUT2D eigenvalue weighted by Gasteiger charge is 2.22. The Bertz CT molecular complexity index is 989. The minimum atomic E-state index is -0.679. The highest BCUT2D eigenvalue weighted by atomic mass is 32.1. The van der Waals surface area contributed by atoms with E-state index in [0.29, 0.717) is 36.2 Å². The number of fused-ring (bicyclic) bond motifs is 1. The molecule has 0 aliphatic carbocycles. The van der Waals surface area contributed by atoms with Gasteiger partial charge < -0.3 is 20.1 Å². The van der Waals surface area contributed by atoms with Gasteiger partial charge in [-0.3, -0.25) is 0 Å². The third kappa shape index (κ3) is 4.90. The highest BCUT2D eigenvalue weighted by molar-refractivity contribution is 7.20. The number of nitrogens with one attached hydrogen (secondary N) is 1.